The van der Waals surface area contributed by atoms with Crippen LogP contribution in [0, 0.1) is 11.8 Å². The summed E-state index contributed by atoms with van der Waals surface area (Å²) in [4.78, 5) is 25.9. The predicted octanol–water partition coefficient (Wildman–Crippen LogP) is 3.17. The van der Waals surface area contributed by atoms with Gasteiger partial charge in [-0.1, -0.05) is 42.2 Å². The number of amides is 1. The summed E-state index contributed by atoms with van der Waals surface area (Å²) >= 11 is 0. The Morgan fingerprint density at radius 1 is 1.14 bits per heavy atom. The Morgan fingerprint density at radius 2 is 1.86 bits per heavy atom. The first-order valence-electron chi connectivity index (χ1n) is 9.23. The quantitative estimate of drug-likeness (QED) is 0.607. The molecule has 28 heavy (non-hydrogen) atoms. The van der Waals surface area contributed by atoms with Crippen LogP contribution >= 0.6 is 0 Å². The molecule has 0 N–H and O–H groups in total. The van der Waals surface area contributed by atoms with Gasteiger partial charge in [-0.25, -0.2) is 0 Å². The van der Waals surface area contributed by atoms with Crippen molar-refractivity contribution in [2.24, 2.45) is 0 Å². The molecule has 5 nitrogen and oxygen atoms in total. The number of likely N-dealkylation sites (tertiary alicyclic amines) is 1. The second kappa shape index (κ2) is 9.09. The van der Waals surface area contributed by atoms with E-state index in [-0.39, 0.29) is 11.9 Å². The lowest BCUT2D eigenvalue weighted by Gasteiger charge is -2.37. The third-order valence-corrected chi connectivity index (χ3v) is 4.62. The van der Waals surface area contributed by atoms with Crippen LogP contribution in [0.1, 0.15) is 30.9 Å². The zero-order chi connectivity index (χ0) is 19.9. The van der Waals surface area contributed by atoms with Crippen LogP contribution in [-0.4, -0.2) is 36.0 Å². The highest BCUT2D eigenvalue weighted by molar-refractivity contribution is 5.78. The Balaban J connectivity index is 1.88. The lowest BCUT2D eigenvalue weighted by Crippen LogP contribution is -2.51. The molecule has 2 aromatic rings. The molecule has 1 fully saturated rings. The number of benzene rings is 2. The Bertz CT molecular complexity index is 880. The zero-order valence-corrected chi connectivity index (χ0v) is 16.1. The van der Waals surface area contributed by atoms with Crippen molar-refractivity contribution in [3.05, 3.63) is 65.7 Å². The van der Waals surface area contributed by atoms with E-state index in [9.17, 15) is 9.59 Å². The van der Waals surface area contributed by atoms with Gasteiger partial charge in [0, 0.05) is 25.5 Å². The van der Waals surface area contributed by atoms with Gasteiger partial charge in [0.25, 0.3) is 0 Å². The van der Waals surface area contributed by atoms with Gasteiger partial charge in [-0.15, -0.1) is 0 Å². The van der Waals surface area contributed by atoms with Crippen molar-refractivity contribution >= 4 is 11.9 Å². The molecule has 0 radical (unpaired) electrons. The van der Waals surface area contributed by atoms with Crippen molar-refractivity contribution in [1.29, 1.82) is 0 Å². The maximum atomic E-state index is 12.7. The van der Waals surface area contributed by atoms with E-state index in [0.717, 1.165) is 16.9 Å². The van der Waals surface area contributed by atoms with Gasteiger partial charge in [0.05, 0.1) is 7.11 Å². The smallest absolute Gasteiger partial charge is 0.303 e. The van der Waals surface area contributed by atoms with Crippen molar-refractivity contribution in [2.75, 3.05) is 7.11 Å². The molecule has 0 saturated carbocycles. The highest BCUT2D eigenvalue weighted by Crippen LogP contribution is 2.24. The molecule has 1 heterocycles. The largest absolute Gasteiger partial charge is 0.497 e. The molecule has 1 saturated heterocycles. The van der Waals surface area contributed by atoms with Crippen LogP contribution in [0.4, 0.5) is 0 Å². The third-order valence-electron chi connectivity index (χ3n) is 4.62. The number of hydrogen-bond acceptors (Lipinski definition) is 4. The summed E-state index contributed by atoms with van der Waals surface area (Å²) in [6.45, 7) is 1.78. The van der Waals surface area contributed by atoms with Crippen molar-refractivity contribution in [1.82, 2.24) is 4.90 Å². The monoisotopic (exact) mass is 377 g/mol. The average Bonchev–Trinajstić information content (AvgIpc) is 2.71. The van der Waals surface area contributed by atoms with Crippen LogP contribution in [0.5, 0.6) is 5.75 Å². The summed E-state index contributed by atoms with van der Waals surface area (Å²) < 4.78 is 10.7. The Kier molecular flexibility index (Phi) is 6.33. The molecule has 5 heteroatoms. The number of piperidine rings is 1. The molecule has 0 bridgehead atoms. The van der Waals surface area contributed by atoms with E-state index in [4.69, 9.17) is 9.47 Å². The van der Waals surface area contributed by atoms with E-state index in [2.05, 4.69) is 11.8 Å². The molecule has 0 aromatic heterocycles. The predicted molar refractivity (Wildman–Crippen MR) is 105 cm³/mol. The minimum Gasteiger partial charge on any atom is -0.497 e. The summed E-state index contributed by atoms with van der Waals surface area (Å²) in [6, 6.07) is 16.6. The van der Waals surface area contributed by atoms with Crippen LogP contribution in [0.15, 0.2) is 54.6 Å². The molecule has 1 aliphatic rings. The summed E-state index contributed by atoms with van der Waals surface area (Å²) in [5.41, 5.74) is 1.82. The summed E-state index contributed by atoms with van der Waals surface area (Å²) in [5, 5.41) is 0. The molecular weight excluding hydrogens is 354 g/mol. The number of rotatable bonds is 4. The Morgan fingerprint density at radius 3 is 2.50 bits per heavy atom. The number of nitrogens with zero attached hydrogens (tertiary/aromatic N) is 1. The van der Waals surface area contributed by atoms with Gasteiger partial charge in [0.15, 0.2) is 0 Å². The van der Waals surface area contributed by atoms with Crippen molar-refractivity contribution < 1.29 is 19.1 Å². The molecule has 3 rings (SSSR count). The maximum absolute atomic E-state index is 12.7. The Labute approximate surface area is 165 Å². The van der Waals surface area contributed by atoms with Gasteiger partial charge in [0.1, 0.15) is 17.9 Å². The summed E-state index contributed by atoms with van der Waals surface area (Å²) in [6.07, 6.45) is 0.369. The Hall–Kier alpha value is -3.26. The summed E-state index contributed by atoms with van der Waals surface area (Å²) in [5.74, 6) is 6.68. The fourth-order valence-electron chi connectivity index (χ4n) is 3.22. The van der Waals surface area contributed by atoms with Crippen molar-refractivity contribution in [3.63, 3.8) is 0 Å². The second-order valence-corrected chi connectivity index (χ2v) is 6.64. The molecule has 144 valence electrons. The van der Waals surface area contributed by atoms with Gasteiger partial charge in [-0.3, -0.25) is 9.59 Å². The molecule has 0 aliphatic carbocycles. The van der Waals surface area contributed by atoms with Crippen molar-refractivity contribution in [2.45, 2.75) is 38.5 Å². The fourth-order valence-corrected chi connectivity index (χ4v) is 3.22. The summed E-state index contributed by atoms with van der Waals surface area (Å²) in [7, 11) is 1.61. The first-order chi connectivity index (χ1) is 13.6. The molecule has 1 amide bonds. The normalized spacial score (nSPS) is 18.8. The lowest BCUT2D eigenvalue weighted by molar-refractivity contribution is -0.157. The minimum absolute atomic E-state index is 0.00609. The maximum Gasteiger partial charge on any atom is 0.303 e. The highest BCUT2D eigenvalue weighted by Gasteiger charge is 2.36. The van der Waals surface area contributed by atoms with E-state index >= 15 is 0 Å². The van der Waals surface area contributed by atoms with E-state index in [0.29, 0.717) is 19.4 Å². The second-order valence-electron chi connectivity index (χ2n) is 6.64. The highest BCUT2D eigenvalue weighted by atomic mass is 16.5. The molecule has 1 aliphatic heterocycles. The van der Waals surface area contributed by atoms with Crippen LogP contribution in [-0.2, 0) is 20.9 Å². The number of carbonyl (C=O) groups is 2. The van der Waals surface area contributed by atoms with Gasteiger partial charge in [-0.05, 0) is 36.2 Å². The first-order valence-corrected chi connectivity index (χ1v) is 9.23. The standard InChI is InChI=1S/C23H23NO4/c1-17(25)28-22-14-15-23(26)24(16-19-8-11-20(27-2)12-9-19)21(22)13-10-18-6-4-3-5-7-18/h3-9,11-12,21-22H,14-16H2,1-2H3/t21-,22+/m1/s1. The SMILES string of the molecule is COc1ccc(CN2C(=O)CC[C@H](OC(C)=O)[C@H]2C#Cc2ccccc2)cc1. The van der Waals surface area contributed by atoms with Crippen LogP contribution in [0.25, 0.3) is 0 Å². The van der Waals surface area contributed by atoms with Crippen LogP contribution < -0.4 is 4.74 Å². The molecule has 0 spiro atoms. The molecule has 0 unspecified atom stereocenters. The number of ether oxygens (including phenoxy) is 2. The van der Waals surface area contributed by atoms with Crippen LogP contribution in [0.3, 0.4) is 0 Å². The van der Waals surface area contributed by atoms with Gasteiger partial charge < -0.3 is 14.4 Å². The number of carbonyl (C=O) groups excluding carboxylic acids is 2. The molecule has 2 atom stereocenters. The number of methoxy groups -OCH3 is 1. The van der Waals surface area contributed by atoms with Crippen molar-refractivity contribution in [3.8, 4) is 17.6 Å². The van der Waals surface area contributed by atoms with Crippen LogP contribution in [0.2, 0.25) is 0 Å². The molecule has 2 aromatic carbocycles. The fraction of sp³-hybridized carbons (Fsp3) is 0.304. The zero-order valence-electron chi connectivity index (χ0n) is 16.1. The van der Waals surface area contributed by atoms with E-state index in [1.165, 1.54) is 6.92 Å². The number of esters is 1. The lowest BCUT2D eigenvalue weighted by atomic mass is 9.97. The third kappa shape index (κ3) is 4.92. The van der Waals surface area contributed by atoms with Gasteiger partial charge in [0.2, 0.25) is 5.91 Å². The van der Waals surface area contributed by atoms with Gasteiger partial charge in [-0.2, -0.15) is 0 Å². The average molecular weight is 377 g/mol. The number of hydrogen-bond donors (Lipinski definition) is 0. The first kappa shape index (κ1) is 19.5. The molecular formula is C23H23NO4. The minimum atomic E-state index is -0.493. The topological polar surface area (TPSA) is 55.8 Å². The van der Waals surface area contributed by atoms with E-state index in [1.807, 2.05) is 54.6 Å². The van der Waals surface area contributed by atoms with Gasteiger partial charge >= 0.3 is 5.97 Å². The van der Waals surface area contributed by atoms with E-state index in [1.54, 1.807) is 12.0 Å². The van der Waals surface area contributed by atoms with E-state index < -0.39 is 12.1 Å².